The van der Waals surface area contributed by atoms with Crippen molar-refractivity contribution in [1.82, 2.24) is 14.9 Å². The second-order valence-electron chi connectivity index (χ2n) is 9.55. The van der Waals surface area contributed by atoms with Gasteiger partial charge < -0.3 is 10.2 Å². The fraction of sp³-hybridized carbons (Fsp3) is 0.423. The second kappa shape index (κ2) is 9.58. The van der Waals surface area contributed by atoms with Gasteiger partial charge in [0, 0.05) is 54.8 Å². The number of nitrogens with zero attached hydrogens (tertiary/aromatic N) is 3. The van der Waals surface area contributed by atoms with Crippen molar-refractivity contribution in [3.63, 3.8) is 0 Å². The normalized spacial score (nSPS) is 17.0. The summed E-state index contributed by atoms with van der Waals surface area (Å²) in [6.45, 7) is 3.53. The molecule has 5 rings (SSSR count). The van der Waals surface area contributed by atoms with Crippen molar-refractivity contribution in [2.75, 3.05) is 30.7 Å². The van der Waals surface area contributed by atoms with Crippen molar-refractivity contribution in [1.29, 1.82) is 0 Å². The third kappa shape index (κ3) is 5.03. The zero-order valence-electron chi connectivity index (χ0n) is 20.1. The minimum Gasteiger partial charge on any atom is -0.365 e. The molecule has 1 saturated heterocycles. The Morgan fingerprint density at radius 1 is 1.17 bits per heavy atom. The molecule has 0 atom stereocenters. The topological polar surface area (TPSA) is 58.1 Å². The van der Waals surface area contributed by atoms with E-state index in [0.717, 1.165) is 31.2 Å². The highest BCUT2D eigenvalue weighted by Gasteiger charge is 2.35. The average Bonchev–Trinajstić information content (AvgIpc) is 3.67. The summed E-state index contributed by atoms with van der Waals surface area (Å²) in [5, 5.41) is 4.24. The van der Waals surface area contributed by atoms with Gasteiger partial charge in [0.05, 0.1) is 11.1 Å². The van der Waals surface area contributed by atoms with Gasteiger partial charge in [0.15, 0.2) is 0 Å². The molecule has 1 aliphatic heterocycles. The fourth-order valence-corrected chi connectivity index (χ4v) is 6.97. The molecular formula is C26H27F4N4OP. The summed E-state index contributed by atoms with van der Waals surface area (Å²) in [5.41, 5.74) is -0.167. The summed E-state index contributed by atoms with van der Waals surface area (Å²) in [7, 11) is -0.802. The maximum absolute atomic E-state index is 15.2. The van der Waals surface area contributed by atoms with E-state index < -0.39 is 25.2 Å². The van der Waals surface area contributed by atoms with Crippen LogP contribution in [0.1, 0.15) is 36.7 Å². The molecule has 2 aromatic carbocycles. The summed E-state index contributed by atoms with van der Waals surface area (Å²) < 4.78 is 57.4. The maximum atomic E-state index is 15.2. The van der Waals surface area contributed by atoms with Crippen LogP contribution in [-0.4, -0.2) is 46.2 Å². The molecule has 1 saturated carbocycles. The standard InChI is InChI=1S/C26H27F4N4OP/c1-15-32-21-13-20(27)22(36-10-8-34(9-11-36)25(35)16-6-7-16)12-18(21)24(33-15)31-14-17-4-3-5-19(23(17)28)26(2,29)30/h3-5,12-13,16H,6-11,14H2,1-2H3,(H,31,32,33). The molecule has 2 fully saturated rings. The maximum Gasteiger partial charge on any atom is 0.273 e. The summed E-state index contributed by atoms with van der Waals surface area (Å²) in [5.74, 6) is -3.40. The lowest BCUT2D eigenvalue weighted by Crippen LogP contribution is -2.41. The van der Waals surface area contributed by atoms with Gasteiger partial charge >= 0.3 is 0 Å². The van der Waals surface area contributed by atoms with E-state index >= 15 is 4.39 Å². The Balaban J connectivity index is 1.40. The lowest BCUT2D eigenvalue weighted by atomic mass is 10.0. The molecule has 2 heterocycles. The van der Waals surface area contributed by atoms with Gasteiger partial charge in [-0.15, -0.1) is 0 Å². The number of anilines is 1. The van der Waals surface area contributed by atoms with E-state index in [1.165, 1.54) is 18.2 Å². The Morgan fingerprint density at radius 2 is 1.89 bits per heavy atom. The molecule has 2 aliphatic rings. The summed E-state index contributed by atoms with van der Waals surface area (Å²) in [4.78, 5) is 23.1. The smallest absolute Gasteiger partial charge is 0.273 e. The van der Waals surface area contributed by atoms with Crippen LogP contribution in [0.25, 0.3) is 10.9 Å². The number of fused-ring (bicyclic) bond motifs is 1. The zero-order chi connectivity index (χ0) is 25.6. The highest BCUT2D eigenvalue weighted by atomic mass is 31.1. The number of carbonyl (C=O) groups excluding carboxylic acids is 1. The number of hydrogen-bond donors (Lipinski definition) is 1. The molecule has 1 aromatic heterocycles. The molecule has 0 radical (unpaired) electrons. The predicted octanol–water partition coefficient (Wildman–Crippen LogP) is 5.30. The molecule has 10 heteroatoms. The van der Waals surface area contributed by atoms with Crippen LogP contribution >= 0.6 is 7.92 Å². The largest absolute Gasteiger partial charge is 0.365 e. The lowest BCUT2D eigenvalue weighted by molar-refractivity contribution is -0.132. The number of amides is 1. The SMILES string of the molecule is Cc1nc(NCc2cccc(C(C)(F)F)c2F)c2cc(P3CCN(C(=O)C4CC4)CC3)c(F)cc2n1. The number of hydrogen-bond acceptors (Lipinski definition) is 4. The first kappa shape index (κ1) is 24.9. The van der Waals surface area contributed by atoms with Crippen LogP contribution in [0, 0.1) is 24.5 Å². The highest BCUT2D eigenvalue weighted by Crippen LogP contribution is 2.41. The first-order valence-electron chi connectivity index (χ1n) is 12.0. The first-order chi connectivity index (χ1) is 17.1. The molecule has 3 aromatic rings. The average molecular weight is 518 g/mol. The number of aromatic nitrogens is 2. The third-order valence-corrected chi connectivity index (χ3v) is 9.24. The van der Waals surface area contributed by atoms with E-state index in [4.69, 9.17) is 0 Å². The van der Waals surface area contributed by atoms with Crippen molar-refractivity contribution in [3.05, 3.63) is 58.9 Å². The van der Waals surface area contributed by atoms with Crippen LogP contribution in [0.5, 0.6) is 0 Å². The Bertz CT molecular complexity index is 1320. The summed E-state index contributed by atoms with van der Waals surface area (Å²) >= 11 is 0. The van der Waals surface area contributed by atoms with E-state index in [2.05, 4.69) is 15.3 Å². The number of carbonyl (C=O) groups is 1. The highest BCUT2D eigenvalue weighted by molar-refractivity contribution is 7.65. The lowest BCUT2D eigenvalue weighted by Gasteiger charge is -2.33. The Kier molecular flexibility index (Phi) is 6.62. The van der Waals surface area contributed by atoms with E-state index in [1.54, 1.807) is 13.0 Å². The molecule has 0 bridgehead atoms. The zero-order valence-corrected chi connectivity index (χ0v) is 21.0. The van der Waals surface area contributed by atoms with Gasteiger partial charge in [-0.05, 0) is 38.2 Å². The number of benzene rings is 2. The molecule has 1 aliphatic carbocycles. The number of rotatable bonds is 6. The first-order valence-corrected chi connectivity index (χ1v) is 13.7. The molecule has 190 valence electrons. The van der Waals surface area contributed by atoms with Gasteiger partial charge in [0.1, 0.15) is 23.3 Å². The number of nitrogens with one attached hydrogen (secondary N) is 1. The molecule has 36 heavy (non-hydrogen) atoms. The monoisotopic (exact) mass is 518 g/mol. The van der Waals surface area contributed by atoms with Crippen LogP contribution in [0.4, 0.5) is 23.4 Å². The van der Waals surface area contributed by atoms with E-state index in [-0.39, 0.29) is 29.8 Å². The second-order valence-corrected chi connectivity index (χ2v) is 12.0. The van der Waals surface area contributed by atoms with Crippen molar-refractivity contribution >= 4 is 35.9 Å². The summed E-state index contributed by atoms with van der Waals surface area (Å²) in [6.07, 6.45) is 3.39. The Labute approximate surface area is 208 Å². The Morgan fingerprint density at radius 3 is 2.56 bits per heavy atom. The molecule has 0 spiro atoms. The van der Waals surface area contributed by atoms with E-state index in [1.807, 2.05) is 4.90 Å². The van der Waals surface area contributed by atoms with Gasteiger partial charge in [0.2, 0.25) is 5.91 Å². The number of alkyl halides is 2. The van der Waals surface area contributed by atoms with Gasteiger partial charge in [0.25, 0.3) is 5.92 Å². The quantitative estimate of drug-likeness (QED) is 0.356. The van der Waals surface area contributed by atoms with Crippen molar-refractivity contribution in [2.45, 2.75) is 39.2 Å². The van der Waals surface area contributed by atoms with Crippen molar-refractivity contribution in [3.8, 4) is 0 Å². The van der Waals surface area contributed by atoms with Crippen LogP contribution in [0.15, 0.2) is 30.3 Å². The minimum absolute atomic E-state index is 0.0684. The van der Waals surface area contributed by atoms with Crippen molar-refractivity contribution in [2.24, 2.45) is 5.92 Å². The van der Waals surface area contributed by atoms with Crippen LogP contribution in [0.3, 0.4) is 0 Å². The molecular weight excluding hydrogens is 491 g/mol. The number of halogens is 4. The van der Waals surface area contributed by atoms with Crippen LogP contribution in [-0.2, 0) is 17.3 Å². The van der Waals surface area contributed by atoms with E-state index in [0.29, 0.717) is 47.9 Å². The molecule has 1 N–H and O–H groups in total. The molecule has 0 unspecified atom stereocenters. The van der Waals surface area contributed by atoms with E-state index in [9.17, 15) is 18.0 Å². The van der Waals surface area contributed by atoms with Crippen LogP contribution < -0.4 is 10.6 Å². The van der Waals surface area contributed by atoms with Gasteiger partial charge in [-0.1, -0.05) is 26.1 Å². The van der Waals surface area contributed by atoms with Gasteiger partial charge in [-0.25, -0.2) is 27.5 Å². The molecule has 1 amide bonds. The molecule has 5 nitrogen and oxygen atoms in total. The van der Waals surface area contributed by atoms with Crippen molar-refractivity contribution < 1.29 is 22.4 Å². The number of aryl methyl sites for hydroxylation is 1. The Hall–Kier alpha value is -2.80. The van der Waals surface area contributed by atoms with Gasteiger partial charge in [-0.2, -0.15) is 0 Å². The predicted molar refractivity (Wildman–Crippen MR) is 133 cm³/mol. The van der Waals surface area contributed by atoms with Gasteiger partial charge in [-0.3, -0.25) is 4.79 Å². The minimum atomic E-state index is -3.30. The fourth-order valence-electron chi connectivity index (χ4n) is 4.62. The van der Waals surface area contributed by atoms with Crippen LogP contribution in [0.2, 0.25) is 0 Å². The third-order valence-electron chi connectivity index (χ3n) is 6.73. The summed E-state index contributed by atoms with van der Waals surface area (Å²) in [6, 6.07) is 7.06.